The molecule has 0 atom stereocenters. The van der Waals surface area contributed by atoms with Crippen LogP contribution in [0.3, 0.4) is 0 Å². The Morgan fingerprint density at radius 2 is 1.50 bits per heavy atom. The number of Topliss-reactive ketones (excluding diaryl/α,β-unsaturated/α-hetero) is 1. The van der Waals surface area contributed by atoms with Crippen LogP contribution in [0.25, 0.3) is 11.1 Å². The number of carboxylic acids is 1. The number of anilines is 2. The zero-order valence-corrected chi connectivity index (χ0v) is 19.3. The second-order valence-corrected chi connectivity index (χ2v) is 8.69. The van der Waals surface area contributed by atoms with E-state index in [1.165, 1.54) is 26.0 Å². The predicted octanol–water partition coefficient (Wildman–Crippen LogP) is 6.38. The van der Waals surface area contributed by atoms with Crippen LogP contribution in [-0.4, -0.2) is 22.9 Å². The van der Waals surface area contributed by atoms with Gasteiger partial charge in [-0.1, -0.05) is 49.4 Å². The summed E-state index contributed by atoms with van der Waals surface area (Å²) in [6, 6.07) is 17.8. The first-order chi connectivity index (χ1) is 16.1. The van der Waals surface area contributed by atoms with Gasteiger partial charge in [0.25, 0.3) is 0 Å². The van der Waals surface area contributed by atoms with Gasteiger partial charge in [0.1, 0.15) is 5.82 Å². The molecule has 3 aromatic rings. The Morgan fingerprint density at radius 1 is 0.882 bits per heavy atom. The van der Waals surface area contributed by atoms with E-state index in [-0.39, 0.29) is 17.9 Å². The molecule has 2 amide bonds. The van der Waals surface area contributed by atoms with E-state index in [1.54, 1.807) is 42.5 Å². The molecule has 0 aliphatic heterocycles. The van der Waals surface area contributed by atoms with Gasteiger partial charge in [0, 0.05) is 17.7 Å². The predicted molar refractivity (Wildman–Crippen MR) is 131 cm³/mol. The van der Waals surface area contributed by atoms with Crippen molar-refractivity contribution >= 4 is 29.2 Å². The van der Waals surface area contributed by atoms with Crippen molar-refractivity contribution in [2.45, 2.75) is 33.6 Å². The van der Waals surface area contributed by atoms with E-state index in [0.29, 0.717) is 22.4 Å². The maximum Gasteiger partial charge on any atom is 0.323 e. The van der Waals surface area contributed by atoms with Gasteiger partial charge in [0.2, 0.25) is 0 Å². The Balaban J connectivity index is 1.66. The normalized spacial score (nSPS) is 11.1. The van der Waals surface area contributed by atoms with E-state index in [0.717, 1.165) is 12.0 Å². The van der Waals surface area contributed by atoms with Crippen LogP contribution >= 0.6 is 0 Å². The molecule has 0 aromatic heterocycles. The van der Waals surface area contributed by atoms with Crippen molar-refractivity contribution < 1.29 is 23.9 Å². The molecule has 0 unspecified atom stereocenters. The molecule has 0 saturated heterocycles. The molecule has 0 aliphatic carbocycles. The Hall–Kier alpha value is -4.00. The summed E-state index contributed by atoms with van der Waals surface area (Å²) < 4.78 is 14.7. The number of ketones is 1. The lowest BCUT2D eigenvalue weighted by atomic mass is 9.85. The highest BCUT2D eigenvalue weighted by Crippen LogP contribution is 2.27. The molecule has 0 fully saturated rings. The van der Waals surface area contributed by atoms with Crippen LogP contribution in [0.15, 0.2) is 66.7 Å². The first-order valence-corrected chi connectivity index (χ1v) is 10.9. The third-order valence-electron chi connectivity index (χ3n) is 5.56. The van der Waals surface area contributed by atoms with Gasteiger partial charge < -0.3 is 15.7 Å². The quantitative estimate of drug-likeness (QED) is 0.338. The second-order valence-electron chi connectivity index (χ2n) is 8.69. The number of rotatable bonds is 8. The Kier molecular flexibility index (Phi) is 7.46. The Bertz CT molecular complexity index is 1200. The van der Waals surface area contributed by atoms with Crippen molar-refractivity contribution in [3.05, 3.63) is 83.7 Å². The average Bonchev–Trinajstić information content (AvgIpc) is 2.80. The molecular formula is C27H27FN2O4. The molecule has 176 valence electrons. The fourth-order valence-corrected chi connectivity index (χ4v) is 3.33. The van der Waals surface area contributed by atoms with E-state index in [9.17, 15) is 23.9 Å². The van der Waals surface area contributed by atoms with Gasteiger partial charge in [0.15, 0.2) is 5.78 Å². The third kappa shape index (κ3) is 6.07. The van der Waals surface area contributed by atoms with Crippen molar-refractivity contribution in [1.29, 1.82) is 0 Å². The number of aryl methyl sites for hydroxylation is 1. The van der Waals surface area contributed by atoms with Crippen molar-refractivity contribution in [1.82, 2.24) is 0 Å². The second kappa shape index (κ2) is 10.3. The molecule has 6 nitrogen and oxygen atoms in total. The van der Waals surface area contributed by atoms with Crippen LogP contribution in [-0.2, 0) is 11.2 Å². The number of hydrogen-bond donors (Lipinski definition) is 3. The zero-order valence-electron chi connectivity index (χ0n) is 19.3. The number of aliphatic carboxylic acids is 1. The lowest BCUT2D eigenvalue weighted by Gasteiger charge is -2.17. The van der Waals surface area contributed by atoms with Crippen LogP contribution in [0.5, 0.6) is 0 Å². The van der Waals surface area contributed by atoms with Gasteiger partial charge in [-0.3, -0.25) is 9.59 Å². The fraction of sp³-hybridized carbons (Fsp3) is 0.222. The number of nitrogens with one attached hydrogen (secondary N) is 2. The molecule has 7 heteroatoms. The summed E-state index contributed by atoms with van der Waals surface area (Å²) in [5.74, 6) is -1.91. The number of amides is 2. The lowest BCUT2D eigenvalue weighted by molar-refractivity contribution is -0.146. The van der Waals surface area contributed by atoms with Gasteiger partial charge >= 0.3 is 12.0 Å². The Labute approximate surface area is 197 Å². The SMILES string of the molecule is CCc1ccc(NC(=O)Nc2ccc(-c3ccc(C(=O)CC(C)(C)C(=O)O)cc3)cc2F)cc1. The summed E-state index contributed by atoms with van der Waals surface area (Å²) in [6.07, 6.45) is 0.771. The van der Waals surface area contributed by atoms with Crippen LogP contribution in [0.2, 0.25) is 0 Å². The number of halogens is 1. The van der Waals surface area contributed by atoms with Crippen molar-refractivity contribution in [3.8, 4) is 11.1 Å². The first kappa shape index (κ1) is 24.6. The first-order valence-electron chi connectivity index (χ1n) is 10.9. The highest BCUT2D eigenvalue weighted by atomic mass is 19.1. The van der Waals surface area contributed by atoms with E-state index in [2.05, 4.69) is 10.6 Å². The molecule has 3 aromatic carbocycles. The van der Waals surface area contributed by atoms with Crippen LogP contribution in [0.1, 0.15) is 43.1 Å². The molecule has 0 spiro atoms. The van der Waals surface area contributed by atoms with E-state index in [4.69, 9.17) is 0 Å². The summed E-state index contributed by atoms with van der Waals surface area (Å²) in [6.45, 7) is 5.04. The number of urea groups is 1. The molecule has 0 bridgehead atoms. The van der Waals surface area contributed by atoms with Gasteiger partial charge in [-0.15, -0.1) is 0 Å². The highest BCUT2D eigenvalue weighted by Gasteiger charge is 2.30. The molecule has 0 radical (unpaired) electrons. The maximum absolute atomic E-state index is 14.7. The average molecular weight is 463 g/mol. The third-order valence-corrected chi connectivity index (χ3v) is 5.56. The van der Waals surface area contributed by atoms with Crippen LogP contribution < -0.4 is 10.6 Å². The van der Waals surface area contributed by atoms with Gasteiger partial charge in [-0.2, -0.15) is 0 Å². The van der Waals surface area contributed by atoms with Crippen LogP contribution in [0.4, 0.5) is 20.6 Å². The maximum atomic E-state index is 14.7. The zero-order chi connectivity index (χ0) is 24.9. The summed E-state index contributed by atoms with van der Waals surface area (Å²) in [4.78, 5) is 35.9. The molecule has 3 N–H and O–H groups in total. The minimum absolute atomic E-state index is 0.0362. The number of benzene rings is 3. The number of carbonyl (C=O) groups excluding carboxylic acids is 2. The standard InChI is InChI=1S/C27H27FN2O4/c1-4-17-5-12-21(13-6-17)29-26(34)30-23-14-11-20(15-22(23)28)18-7-9-19(10-8-18)24(31)16-27(2,3)25(32)33/h5-15H,4,16H2,1-3H3,(H,32,33)(H2,29,30,34). The summed E-state index contributed by atoms with van der Waals surface area (Å²) in [5, 5.41) is 14.4. The smallest absolute Gasteiger partial charge is 0.323 e. The number of carbonyl (C=O) groups is 3. The van der Waals surface area contributed by atoms with Crippen LogP contribution in [0, 0.1) is 11.2 Å². The van der Waals surface area contributed by atoms with E-state index < -0.39 is 23.2 Å². The lowest BCUT2D eigenvalue weighted by Crippen LogP contribution is -2.26. The van der Waals surface area contributed by atoms with Gasteiger partial charge in [-0.25, -0.2) is 9.18 Å². The van der Waals surface area contributed by atoms with E-state index >= 15 is 0 Å². The summed E-state index contributed by atoms with van der Waals surface area (Å²) in [5.41, 5.74) is 2.27. The molecule has 3 rings (SSSR count). The monoisotopic (exact) mass is 462 g/mol. The van der Waals surface area contributed by atoms with Crippen molar-refractivity contribution in [3.63, 3.8) is 0 Å². The molecule has 0 aliphatic rings. The summed E-state index contributed by atoms with van der Waals surface area (Å²) >= 11 is 0. The molecular weight excluding hydrogens is 435 g/mol. The van der Waals surface area contributed by atoms with Crippen molar-refractivity contribution in [2.75, 3.05) is 10.6 Å². The molecule has 0 heterocycles. The van der Waals surface area contributed by atoms with Crippen molar-refractivity contribution in [2.24, 2.45) is 5.41 Å². The fourth-order valence-electron chi connectivity index (χ4n) is 3.33. The minimum atomic E-state index is -1.16. The number of hydrogen-bond acceptors (Lipinski definition) is 3. The minimum Gasteiger partial charge on any atom is -0.481 e. The van der Waals surface area contributed by atoms with Gasteiger partial charge in [0.05, 0.1) is 11.1 Å². The molecule has 0 saturated carbocycles. The molecule has 34 heavy (non-hydrogen) atoms. The largest absolute Gasteiger partial charge is 0.481 e. The van der Waals surface area contributed by atoms with Gasteiger partial charge in [-0.05, 0) is 61.2 Å². The summed E-state index contributed by atoms with van der Waals surface area (Å²) in [7, 11) is 0. The topological polar surface area (TPSA) is 95.5 Å². The van der Waals surface area contributed by atoms with E-state index in [1.807, 2.05) is 19.1 Å². The number of carboxylic acid groups (broad SMARTS) is 1. The Morgan fingerprint density at radius 3 is 2.06 bits per heavy atom. The highest BCUT2D eigenvalue weighted by molar-refractivity contribution is 6.00.